The fourth-order valence-electron chi connectivity index (χ4n) is 3.51. The Bertz CT molecular complexity index is 1160. The normalized spacial score (nSPS) is 13.4. The zero-order chi connectivity index (χ0) is 19.6. The van der Waals surface area contributed by atoms with Crippen LogP contribution >= 0.6 is 0 Å². The summed E-state index contributed by atoms with van der Waals surface area (Å²) < 4.78 is 0. The van der Waals surface area contributed by atoms with Gasteiger partial charge in [0.1, 0.15) is 5.69 Å². The summed E-state index contributed by atoms with van der Waals surface area (Å²) in [6.45, 7) is 0.491. The monoisotopic (exact) mass is 381 g/mol. The second-order valence-corrected chi connectivity index (χ2v) is 7.17. The zero-order valence-electron chi connectivity index (χ0n) is 15.8. The number of rotatable bonds is 5. The van der Waals surface area contributed by atoms with Crippen molar-refractivity contribution in [2.45, 2.75) is 25.4 Å². The molecule has 0 bridgehead atoms. The molecule has 0 N–H and O–H groups in total. The summed E-state index contributed by atoms with van der Waals surface area (Å²) >= 11 is 0. The van der Waals surface area contributed by atoms with Crippen LogP contribution in [0.4, 0.5) is 0 Å². The van der Waals surface area contributed by atoms with Crippen LogP contribution in [0.2, 0.25) is 0 Å². The van der Waals surface area contributed by atoms with Crippen LogP contribution in [0.1, 0.15) is 29.0 Å². The second-order valence-electron chi connectivity index (χ2n) is 7.17. The summed E-state index contributed by atoms with van der Waals surface area (Å²) in [6, 6.07) is 13.6. The first-order chi connectivity index (χ1) is 14.3. The molecule has 0 aromatic carbocycles. The van der Waals surface area contributed by atoms with Crippen LogP contribution in [-0.4, -0.2) is 36.8 Å². The fraction of sp³-hybridized carbons (Fsp3) is 0.174. The van der Waals surface area contributed by atoms with E-state index in [-0.39, 0.29) is 11.9 Å². The molecule has 1 aliphatic rings. The van der Waals surface area contributed by atoms with Gasteiger partial charge in [0.25, 0.3) is 5.91 Å². The standard InChI is InChI=1S/C23H19N5O/c29-23(28(18-4-5-18)15-17-3-1-2-9-26-17)22-13-19(16-6-10-24-11-7-16)20-14-25-12-8-21(20)27-22/h1-3,6-14,18H,4-5,15H2. The number of nitrogens with zero attached hydrogens (tertiary/aromatic N) is 5. The maximum atomic E-state index is 13.5. The Labute approximate surface area is 168 Å². The molecular weight excluding hydrogens is 362 g/mol. The van der Waals surface area contributed by atoms with Crippen LogP contribution in [0, 0.1) is 0 Å². The molecule has 0 unspecified atom stereocenters. The smallest absolute Gasteiger partial charge is 0.273 e. The number of hydrogen-bond acceptors (Lipinski definition) is 5. The molecule has 4 aromatic heterocycles. The number of pyridine rings is 4. The van der Waals surface area contributed by atoms with Crippen LogP contribution in [0.15, 0.2) is 73.4 Å². The molecular formula is C23H19N5O. The van der Waals surface area contributed by atoms with Gasteiger partial charge >= 0.3 is 0 Å². The Hall–Kier alpha value is -3.67. The Morgan fingerprint density at radius 3 is 2.59 bits per heavy atom. The summed E-state index contributed by atoms with van der Waals surface area (Å²) in [5, 5.41) is 0.915. The molecule has 6 heteroatoms. The Morgan fingerprint density at radius 2 is 1.83 bits per heavy atom. The van der Waals surface area contributed by atoms with E-state index in [0.717, 1.165) is 40.6 Å². The average molecular weight is 381 g/mol. The highest BCUT2D eigenvalue weighted by molar-refractivity contribution is 6.01. The number of fused-ring (bicyclic) bond motifs is 1. The summed E-state index contributed by atoms with van der Waals surface area (Å²) in [5.74, 6) is -0.0628. The highest BCUT2D eigenvalue weighted by Gasteiger charge is 2.34. The van der Waals surface area contributed by atoms with Crippen molar-refractivity contribution in [2.24, 2.45) is 0 Å². The molecule has 0 atom stereocenters. The molecule has 6 nitrogen and oxygen atoms in total. The van der Waals surface area contributed by atoms with Crippen molar-refractivity contribution in [1.29, 1.82) is 0 Å². The number of carbonyl (C=O) groups is 1. The van der Waals surface area contributed by atoms with Crippen molar-refractivity contribution in [1.82, 2.24) is 24.8 Å². The molecule has 0 radical (unpaired) electrons. The van der Waals surface area contributed by atoms with E-state index in [9.17, 15) is 4.79 Å². The first kappa shape index (κ1) is 17.4. The molecule has 4 heterocycles. The molecule has 29 heavy (non-hydrogen) atoms. The predicted octanol–water partition coefficient (Wildman–Crippen LogP) is 3.89. The van der Waals surface area contributed by atoms with Gasteiger partial charge in [0.15, 0.2) is 0 Å². The van der Waals surface area contributed by atoms with E-state index >= 15 is 0 Å². The fourth-order valence-corrected chi connectivity index (χ4v) is 3.51. The quantitative estimate of drug-likeness (QED) is 0.524. The van der Waals surface area contributed by atoms with Crippen molar-refractivity contribution in [2.75, 3.05) is 0 Å². The lowest BCUT2D eigenvalue weighted by molar-refractivity contribution is 0.0722. The molecule has 5 rings (SSSR count). The second kappa shape index (κ2) is 7.39. The van der Waals surface area contributed by atoms with Gasteiger partial charge in [-0.25, -0.2) is 4.98 Å². The molecule has 0 spiro atoms. The first-order valence-electron chi connectivity index (χ1n) is 9.65. The van der Waals surface area contributed by atoms with E-state index in [2.05, 4.69) is 19.9 Å². The van der Waals surface area contributed by atoms with E-state index in [1.54, 1.807) is 31.0 Å². The minimum Gasteiger partial charge on any atom is -0.328 e. The Kier molecular flexibility index (Phi) is 4.44. The number of carbonyl (C=O) groups excluding carboxylic acids is 1. The van der Waals surface area contributed by atoms with Gasteiger partial charge < -0.3 is 4.90 Å². The highest BCUT2D eigenvalue weighted by atomic mass is 16.2. The SMILES string of the molecule is O=C(c1cc(-c2ccncc2)c2cnccc2n1)N(Cc1ccccn1)C1CC1. The van der Waals surface area contributed by atoms with Crippen LogP contribution in [0.5, 0.6) is 0 Å². The summed E-state index contributed by atoms with van der Waals surface area (Å²) in [5.41, 5.74) is 4.00. The minimum absolute atomic E-state index is 0.0628. The molecule has 1 saturated carbocycles. The van der Waals surface area contributed by atoms with Crippen LogP contribution in [0.25, 0.3) is 22.0 Å². The van der Waals surface area contributed by atoms with Gasteiger partial charge in [0, 0.05) is 42.4 Å². The number of aromatic nitrogens is 4. The summed E-state index contributed by atoms with van der Waals surface area (Å²) in [4.78, 5) is 32.8. The zero-order valence-corrected chi connectivity index (χ0v) is 15.8. The molecule has 1 aliphatic carbocycles. The lowest BCUT2D eigenvalue weighted by Gasteiger charge is -2.22. The van der Waals surface area contributed by atoms with Crippen molar-refractivity contribution in [3.05, 3.63) is 84.8 Å². The lowest BCUT2D eigenvalue weighted by Crippen LogP contribution is -2.33. The Morgan fingerprint density at radius 1 is 1.00 bits per heavy atom. The largest absolute Gasteiger partial charge is 0.328 e. The van der Waals surface area contributed by atoms with Crippen molar-refractivity contribution < 1.29 is 4.79 Å². The van der Waals surface area contributed by atoms with Gasteiger partial charge in [-0.05, 0) is 60.4 Å². The molecule has 0 saturated heterocycles. The van der Waals surface area contributed by atoms with Gasteiger partial charge in [-0.15, -0.1) is 0 Å². The molecule has 1 fully saturated rings. The predicted molar refractivity (Wildman–Crippen MR) is 110 cm³/mol. The highest BCUT2D eigenvalue weighted by Crippen LogP contribution is 2.32. The third-order valence-electron chi connectivity index (χ3n) is 5.13. The summed E-state index contributed by atoms with van der Waals surface area (Å²) in [7, 11) is 0. The molecule has 4 aromatic rings. The van der Waals surface area contributed by atoms with E-state index < -0.39 is 0 Å². The average Bonchev–Trinajstić information content (AvgIpc) is 3.63. The summed E-state index contributed by atoms with van der Waals surface area (Å²) in [6.07, 6.45) is 10.8. The van der Waals surface area contributed by atoms with E-state index in [1.165, 1.54) is 0 Å². The molecule has 142 valence electrons. The minimum atomic E-state index is -0.0628. The van der Waals surface area contributed by atoms with Crippen molar-refractivity contribution >= 4 is 16.8 Å². The molecule has 1 amide bonds. The molecule has 0 aliphatic heterocycles. The van der Waals surface area contributed by atoms with Gasteiger partial charge in [-0.2, -0.15) is 0 Å². The van der Waals surface area contributed by atoms with Gasteiger partial charge in [0.2, 0.25) is 0 Å². The lowest BCUT2D eigenvalue weighted by atomic mass is 10.0. The van der Waals surface area contributed by atoms with E-state index in [4.69, 9.17) is 0 Å². The first-order valence-corrected chi connectivity index (χ1v) is 9.65. The Balaban J connectivity index is 1.57. The van der Waals surface area contributed by atoms with E-state index in [1.807, 2.05) is 47.4 Å². The van der Waals surface area contributed by atoms with Crippen LogP contribution < -0.4 is 0 Å². The third-order valence-corrected chi connectivity index (χ3v) is 5.13. The van der Waals surface area contributed by atoms with Crippen LogP contribution in [-0.2, 0) is 6.54 Å². The van der Waals surface area contributed by atoms with Crippen molar-refractivity contribution in [3.8, 4) is 11.1 Å². The van der Waals surface area contributed by atoms with Gasteiger partial charge in [0.05, 0.1) is 17.8 Å². The van der Waals surface area contributed by atoms with E-state index in [0.29, 0.717) is 12.2 Å². The van der Waals surface area contributed by atoms with Crippen LogP contribution in [0.3, 0.4) is 0 Å². The third kappa shape index (κ3) is 3.57. The van der Waals surface area contributed by atoms with Crippen molar-refractivity contribution in [3.63, 3.8) is 0 Å². The maximum Gasteiger partial charge on any atom is 0.273 e. The number of hydrogen-bond donors (Lipinski definition) is 0. The van der Waals surface area contributed by atoms with Gasteiger partial charge in [-0.1, -0.05) is 6.07 Å². The maximum absolute atomic E-state index is 13.5. The van der Waals surface area contributed by atoms with Gasteiger partial charge in [-0.3, -0.25) is 19.7 Å². The number of amides is 1. The topological polar surface area (TPSA) is 71.9 Å².